The van der Waals surface area contributed by atoms with E-state index in [1.54, 1.807) is 24.3 Å². The normalized spacial score (nSPS) is 16.0. The highest BCUT2D eigenvalue weighted by atomic mass is 19.2. The number of hydrogen-bond donors (Lipinski definition) is 5. The second-order valence-corrected chi connectivity index (χ2v) is 9.54. The Hall–Kier alpha value is -4.91. The van der Waals surface area contributed by atoms with Gasteiger partial charge in [0.25, 0.3) is 5.91 Å². The van der Waals surface area contributed by atoms with Crippen LogP contribution in [0.5, 0.6) is 5.75 Å². The van der Waals surface area contributed by atoms with E-state index in [1.165, 1.54) is 13.1 Å². The van der Waals surface area contributed by atoms with Gasteiger partial charge in [-0.1, -0.05) is 6.58 Å². The summed E-state index contributed by atoms with van der Waals surface area (Å²) in [5, 5.41) is 11.1. The second-order valence-electron chi connectivity index (χ2n) is 9.54. The lowest BCUT2D eigenvalue weighted by Gasteiger charge is -2.21. The largest absolute Gasteiger partial charge is 0.495 e. The van der Waals surface area contributed by atoms with Gasteiger partial charge in [0.05, 0.1) is 30.6 Å². The fraction of sp³-hybridized carbons (Fsp3) is 0.250. The topological polar surface area (TPSA) is 136 Å². The first kappa shape index (κ1) is 29.1. The van der Waals surface area contributed by atoms with Crippen molar-refractivity contribution >= 4 is 34.7 Å². The third-order valence-corrected chi connectivity index (χ3v) is 6.41. The standard InChI is InChI=1S/C28H32F2N8O3/c1-15(34-20-13-21-16(12-22(20)41-5)9-11-38(21)23(39)14-37(3)4)35-27-17(8-10-33-27)26(31)36-19-7-6-18(29)25(30)24(19)28(40)32-2/h6-8,10,12-13,34,36H,1,9,11,14,31H2,2-5H3,(H,32,40)(H,33,35)/b26-17+. The molecule has 0 unspecified atom stereocenters. The van der Waals surface area contributed by atoms with E-state index >= 15 is 0 Å². The molecule has 2 amide bonds. The summed E-state index contributed by atoms with van der Waals surface area (Å²) < 4.78 is 33.8. The van der Waals surface area contributed by atoms with Crippen LogP contribution < -0.4 is 36.6 Å². The number of likely N-dealkylation sites (N-methyl/N-ethyl adjacent to an activating group) is 1. The number of halogens is 2. The van der Waals surface area contributed by atoms with Gasteiger partial charge in [-0.15, -0.1) is 0 Å². The molecule has 4 rings (SSSR count). The lowest BCUT2D eigenvalue weighted by atomic mass is 10.1. The van der Waals surface area contributed by atoms with Crippen LogP contribution in [0.25, 0.3) is 0 Å². The van der Waals surface area contributed by atoms with Gasteiger partial charge in [0.1, 0.15) is 28.8 Å². The van der Waals surface area contributed by atoms with E-state index in [4.69, 9.17) is 10.5 Å². The van der Waals surface area contributed by atoms with E-state index in [0.717, 1.165) is 17.3 Å². The van der Waals surface area contributed by atoms with Gasteiger partial charge in [-0.25, -0.2) is 13.8 Å². The van der Waals surface area contributed by atoms with Crippen molar-refractivity contribution in [2.24, 2.45) is 10.7 Å². The van der Waals surface area contributed by atoms with Gasteiger partial charge < -0.3 is 41.5 Å². The molecule has 0 radical (unpaired) electrons. The van der Waals surface area contributed by atoms with E-state index in [1.807, 2.05) is 31.1 Å². The van der Waals surface area contributed by atoms with Gasteiger partial charge in [-0.3, -0.25) is 9.59 Å². The van der Waals surface area contributed by atoms with Crippen molar-refractivity contribution in [2.75, 3.05) is 56.9 Å². The van der Waals surface area contributed by atoms with Crippen LogP contribution in [-0.4, -0.2) is 63.9 Å². The summed E-state index contributed by atoms with van der Waals surface area (Å²) in [5.41, 5.74) is 8.44. The Morgan fingerprint density at radius 1 is 1.22 bits per heavy atom. The number of anilines is 3. The smallest absolute Gasteiger partial charge is 0.256 e. The van der Waals surface area contributed by atoms with Crippen LogP contribution in [0.1, 0.15) is 15.9 Å². The fourth-order valence-corrected chi connectivity index (χ4v) is 4.50. The summed E-state index contributed by atoms with van der Waals surface area (Å²) in [4.78, 5) is 33.0. The molecule has 11 nitrogen and oxygen atoms in total. The molecule has 0 aliphatic carbocycles. The van der Waals surface area contributed by atoms with E-state index in [2.05, 4.69) is 32.8 Å². The summed E-state index contributed by atoms with van der Waals surface area (Å²) in [5.74, 6) is -2.19. The molecule has 13 heteroatoms. The molecule has 0 fully saturated rings. The number of nitrogens with one attached hydrogen (secondary N) is 4. The average molecular weight is 567 g/mol. The summed E-state index contributed by atoms with van der Waals surface area (Å²) in [6, 6.07) is 5.82. The first-order valence-corrected chi connectivity index (χ1v) is 12.6. The summed E-state index contributed by atoms with van der Waals surface area (Å²) in [7, 11) is 6.54. The Bertz CT molecular complexity index is 1500. The molecule has 2 aromatic carbocycles. The number of amidine groups is 1. The van der Waals surface area contributed by atoms with Crippen LogP contribution in [-0.2, 0) is 11.2 Å². The molecule has 2 heterocycles. The molecule has 41 heavy (non-hydrogen) atoms. The third kappa shape index (κ3) is 6.14. The lowest BCUT2D eigenvalue weighted by Crippen LogP contribution is -2.36. The second kappa shape index (κ2) is 12.1. The monoisotopic (exact) mass is 566 g/mol. The van der Waals surface area contributed by atoms with Gasteiger partial charge >= 0.3 is 0 Å². The maximum absolute atomic E-state index is 14.4. The summed E-state index contributed by atoms with van der Waals surface area (Å²) in [6.07, 6.45) is 3.92. The van der Waals surface area contributed by atoms with Crippen molar-refractivity contribution in [1.82, 2.24) is 15.5 Å². The van der Waals surface area contributed by atoms with E-state index in [0.29, 0.717) is 35.8 Å². The van der Waals surface area contributed by atoms with Crippen molar-refractivity contribution in [3.8, 4) is 5.75 Å². The summed E-state index contributed by atoms with van der Waals surface area (Å²) in [6.45, 7) is 4.85. The number of benzene rings is 2. The molecule has 2 aliphatic rings. The van der Waals surface area contributed by atoms with Gasteiger partial charge in [-0.2, -0.15) is 0 Å². The highest BCUT2D eigenvalue weighted by molar-refractivity contribution is 6.06. The molecule has 0 saturated carbocycles. The molecule has 0 saturated heterocycles. The number of nitrogens with two attached hydrogens (primary N) is 1. The maximum atomic E-state index is 14.4. The van der Waals surface area contributed by atoms with Crippen LogP contribution in [0.4, 0.5) is 25.8 Å². The number of methoxy groups -OCH3 is 1. The molecule has 0 aromatic heterocycles. The molecule has 0 atom stereocenters. The zero-order valence-corrected chi connectivity index (χ0v) is 23.2. The summed E-state index contributed by atoms with van der Waals surface area (Å²) >= 11 is 0. The number of amides is 2. The molecular formula is C28H32F2N8O3. The number of aliphatic imine (C=N–C) groups is 1. The highest BCUT2D eigenvalue weighted by Gasteiger charge is 2.27. The Balaban J connectivity index is 1.58. The van der Waals surface area contributed by atoms with Gasteiger partial charge in [0, 0.05) is 25.5 Å². The van der Waals surface area contributed by atoms with Crippen LogP contribution in [0.2, 0.25) is 0 Å². The molecule has 216 valence electrons. The van der Waals surface area contributed by atoms with Crippen LogP contribution in [0.3, 0.4) is 0 Å². The minimum atomic E-state index is -1.30. The number of carbonyl (C=O) groups excluding carboxylic acids is 2. The Kier molecular flexibility index (Phi) is 8.57. The molecule has 6 N–H and O–H groups in total. The Morgan fingerprint density at radius 3 is 2.66 bits per heavy atom. The Labute approximate surface area is 236 Å². The van der Waals surface area contributed by atoms with Gasteiger partial charge in [0.15, 0.2) is 11.6 Å². The quantitative estimate of drug-likeness (QED) is 0.312. The lowest BCUT2D eigenvalue weighted by molar-refractivity contribution is -0.119. The number of hydrogen-bond acceptors (Lipinski definition) is 8. The van der Waals surface area contributed by atoms with Crippen molar-refractivity contribution < 1.29 is 23.1 Å². The van der Waals surface area contributed by atoms with Crippen molar-refractivity contribution in [3.05, 3.63) is 83.1 Å². The fourth-order valence-electron chi connectivity index (χ4n) is 4.50. The Morgan fingerprint density at radius 2 is 1.98 bits per heavy atom. The molecular weight excluding hydrogens is 534 g/mol. The third-order valence-electron chi connectivity index (χ3n) is 6.41. The number of fused-ring (bicyclic) bond motifs is 1. The average Bonchev–Trinajstić information content (AvgIpc) is 3.56. The van der Waals surface area contributed by atoms with Crippen molar-refractivity contribution in [2.45, 2.75) is 6.42 Å². The SMILES string of the molecule is C=C(/N=C1/NC=C/C1=C(/N)Nc1ccc(F)c(F)c1C(=O)NC)Nc1cc2c(cc1OC)CCN2C(=O)CN(C)C. The van der Waals surface area contributed by atoms with Crippen LogP contribution in [0, 0.1) is 11.6 Å². The number of nitrogens with zero attached hydrogens (tertiary/aromatic N) is 3. The van der Waals surface area contributed by atoms with Crippen molar-refractivity contribution in [3.63, 3.8) is 0 Å². The predicted molar refractivity (Wildman–Crippen MR) is 155 cm³/mol. The zero-order valence-electron chi connectivity index (χ0n) is 23.2. The molecule has 2 aromatic rings. The first-order valence-electron chi connectivity index (χ1n) is 12.6. The van der Waals surface area contributed by atoms with E-state index in [9.17, 15) is 18.4 Å². The first-order chi connectivity index (χ1) is 19.5. The van der Waals surface area contributed by atoms with E-state index < -0.39 is 23.1 Å². The molecule has 0 spiro atoms. The molecule has 0 bridgehead atoms. The maximum Gasteiger partial charge on any atom is 0.256 e. The number of rotatable bonds is 9. The van der Waals surface area contributed by atoms with Crippen LogP contribution in [0.15, 0.2) is 65.3 Å². The van der Waals surface area contributed by atoms with Gasteiger partial charge in [-0.05, 0) is 56.4 Å². The van der Waals surface area contributed by atoms with Crippen molar-refractivity contribution in [1.29, 1.82) is 0 Å². The van der Waals surface area contributed by atoms with Gasteiger partial charge in [0.2, 0.25) is 5.91 Å². The number of carbonyl (C=O) groups is 2. The van der Waals surface area contributed by atoms with E-state index in [-0.39, 0.29) is 29.8 Å². The predicted octanol–water partition coefficient (Wildman–Crippen LogP) is 2.46. The zero-order chi connectivity index (χ0) is 29.8. The highest BCUT2D eigenvalue weighted by Crippen LogP contribution is 2.38. The van der Waals surface area contributed by atoms with Crippen LogP contribution >= 0.6 is 0 Å². The molecule has 2 aliphatic heterocycles. The minimum absolute atomic E-state index is 0.0106. The minimum Gasteiger partial charge on any atom is -0.495 e. The number of ether oxygens (including phenoxy) is 1.